The molecule has 1 aromatic carbocycles. The summed E-state index contributed by atoms with van der Waals surface area (Å²) in [7, 11) is 0. The van der Waals surface area contributed by atoms with Crippen molar-refractivity contribution in [2.75, 3.05) is 5.32 Å². The van der Waals surface area contributed by atoms with E-state index in [-0.39, 0.29) is 23.3 Å². The number of benzene rings is 1. The van der Waals surface area contributed by atoms with E-state index in [9.17, 15) is 9.59 Å². The van der Waals surface area contributed by atoms with Crippen LogP contribution in [0.15, 0.2) is 47.1 Å². The molecule has 1 amide bonds. The minimum atomic E-state index is -0.983. The molecular formula is C15H13NO4. The summed E-state index contributed by atoms with van der Waals surface area (Å²) in [4.78, 5) is 22.8. The van der Waals surface area contributed by atoms with Gasteiger partial charge in [-0.3, -0.25) is 4.79 Å². The van der Waals surface area contributed by atoms with Crippen molar-refractivity contribution in [2.24, 2.45) is 5.92 Å². The quantitative estimate of drug-likeness (QED) is 0.896. The zero-order valence-electron chi connectivity index (χ0n) is 10.6. The number of anilines is 1. The average molecular weight is 271 g/mol. The van der Waals surface area contributed by atoms with Crippen molar-refractivity contribution in [1.29, 1.82) is 0 Å². The molecule has 0 aliphatic heterocycles. The van der Waals surface area contributed by atoms with Crippen LogP contribution in [-0.4, -0.2) is 17.0 Å². The highest BCUT2D eigenvalue weighted by molar-refractivity contribution is 5.95. The topological polar surface area (TPSA) is 79.5 Å². The van der Waals surface area contributed by atoms with Gasteiger partial charge in [0.2, 0.25) is 5.91 Å². The number of hydrogen-bond donors (Lipinski definition) is 2. The third kappa shape index (κ3) is 2.42. The van der Waals surface area contributed by atoms with Crippen LogP contribution in [0.3, 0.4) is 0 Å². The lowest BCUT2D eigenvalue weighted by atomic mass is 10.2. The molecule has 1 aliphatic carbocycles. The summed E-state index contributed by atoms with van der Waals surface area (Å²) in [6.45, 7) is 0. The number of carbonyl (C=O) groups is 2. The lowest BCUT2D eigenvalue weighted by molar-refractivity contribution is -0.117. The number of aromatic carboxylic acids is 1. The Morgan fingerprint density at radius 3 is 2.55 bits per heavy atom. The van der Waals surface area contributed by atoms with E-state index in [1.54, 1.807) is 18.4 Å². The van der Waals surface area contributed by atoms with Crippen LogP contribution in [0.2, 0.25) is 0 Å². The number of rotatable bonds is 4. The fourth-order valence-corrected chi connectivity index (χ4v) is 2.23. The lowest BCUT2D eigenvalue weighted by Crippen LogP contribution is -2.14. The van der Waals surface area contributed by atoms with Crippen LogP contribution in [0.1, 0.15) is 28.5 Å². The second-order valence-corrected chi connectivity index (χ2v) is 4.84. The summed E-state index contributed by atoms with van der Waals surface area (Å²) in [5.74, 6) is -0.118. The van der Waals surface area contributed by atoms with Gasteiger partial charge in [-0.1, -0.05) is 0 Å². The molecular weight excluding hydrogens is 258 g/mol. The van der Waals surface area contributed by atoms with Crippen molar-refractivity contribution < 1.29 is 19.1 Å². The van der Waals surface area contributed by atoms with Gasteiger partial charge < -0.3 is 14.8 Å². The van der Waals surface area contributed by atoms with E-state index in [1.165, 1.54) is 12.1 Å². The molecule has 0 bridgehead atoms. The van der Waals surface area contributed by atoms with Crippen LogP contribution in [0.25, 0.3) is 0 Å². The Labute approximate surface area is 115 Å². The maximum atomic E-state index is 12.0. The fourth-order valence-electron chi connectivity index (χ4n) is 2.23. The molecule has 0 saturated heterocycles. The Hall–Kier alpha value is -2.56. The van der Waals surface area contributed by atoms with Gasteiger partial charge in [0.25, 0.3) is 0 Å². The minimum Gasteiger partial charge on any atom is -0.478 e. The summed E-state index contributed by atoms with van der Waals surface area (Å²) < 4.78 is 5.28. The van der Waals surface area contributed by atoms with Crippen molar-refractivity contribution in [3.63, 3.8) is 0 Å². The van der Waals surface area contributed by atoms with Crippen LogP contribution in [0.5, 0.6) is 0 Å². The van der Waals surface area contributed by atoms with Gasteiger partial charge in [0.1, 0.15) is 5.76 Å². The third-order valence-corrected chi connectivity index (χ3v) is 3.44. The zero-order valence-corrected chi connectivity index (χ0v) is 10.6. The highest BCUT2D eigenvalue weighted by Crippen LogP contribution is 2.48. The maximum Gasteiger partial charge on any atom is 0.335 e. The predicted molar refractivity (Wildman–Crippen MR) is 71.6 cm³/mol. The molecule has 1 fully saturated rings. The molecule has 2 N–H and O–H groups in total. The van der Waals surface area contributed by atoms with Crippen molar-refractivity contribution in [2.45, 2.75) is 12.3 Å². The van der Waals surface area contributed by atoms with E-state index in [1.807, 2.05) is 12.1 Å². The van der Waals surface area contributed by atoms with Crippen molar-refractivity contribution in [3.05, 3.63) is 54.0 Å². The number of hydrogen-bond acceptors (Lipinski definition) is 3. The monoisotopic (exact) mass is 271 g/mol. The molecule has 2 aromatic rings. The van der Waals surface area contributed by atoms with Crippen LogP contribution < -0.4 is 5.32 Å². The van der Waals surface area contributed by atoms with Gasteiger partial charge in [0.05, 0.1) is 11.8 Å². The molecule has 0 radical (unpaired) electrons. The number of carboxylic acid groups (broad SMARTS) is 1. The first-order chi connectivity index (χ1) is 9.65. The summed E-state index contributed by atoms with van der Waals surface area (Å²) in [5, 5.41) is 11.6. The van der Waals surface area contributed by atoms with Crippen LogP contribution in [0.4, 0.5) is 5.69 Å². The Morgan fingerprint density at radius 1 is 1.20 bits per heavy atom. The molecule has 20 heavy (non-hydrogen) atoms. The number of amides is 1. The highest BCUT2D eigenvalue weighted by atomic mass is 16.4. The van der Waals surface area contributed by atoms with Crippen LogP contribution in [-0.2, 0) is 4.79 Å². The third-order valence-electron chi connectivity index (χ3n) is 3.44. The second kappa shape index (κ2) is 4.85. The first-order valence-corrected chi connectivity index (χ1v) is 6.33. The number of nitrogens with one attached hydrogen (secondary N) is 1. The van der Waals surface area contributed by atoms with E-state index in [0.717, 1.165) is 12.2 Å². The largest absolute Gasteiger partial charge is 0.478 e. The van der Waals surface area contributed by atoms with Crippen molar-refractivity contribution in [3.8, 4) is 0 Å². The van der Waals surface area contributed by atoms with E-state index >= 15 is 0 Å². The summed E-state index contributed by atoms with van der Waals surface area (Å²) >= 11 is 0. The molecule has 2 atom stereocenters. The van der Waals surface area contributed by atoms with E-state index in [2.05, 4.69) is 5.32 Å². The molecule has 1 saturated carbocycles. The first-order valence-electron chi connectivity index (χ1n) is 6.33. The van der Waals surface area contributed by atoms with Crippen LogP contribution in [0, 0.1) is 5.92 Å². The number of furan rings is 1. The Morgan fingerprint density at radius 2 is 1.95 bits per heavy atom. The standard InChI is InChI=1S/C15H13NO4/c17-14(12-8-11(12)13-2-1-7-20-13)16-10-5-3-9(4-6-10)15(18)19/h1-7,11-12H,8H2,(H,16,17)(H,18,19)/t11-,12+/m0/s1. The SMILES string of the molecule is O=C(O)c1ccc(NC(=O)[C@@H]2C[C@@H]2c2ccco2)cc1. The Bertz CT molecular complexity index is 630. The van der Waals surface area contributed by atoms with Gasteiger partial charge in [0, 0.05) is 17.5 Å². The maximum absolute atomic E-state index is 12.0. The minimum absolute atomic E-state index is 0.0607. The fraction of sp³-hybridized carbons (Fsp3) is 0.200. The molecule has 1 aliphatic rings. The normalized spacial score (nSPS) is 20.4. The second-order valence-electron chi connectivity index (χ2n) is 4.84. The number of carboxylic acids is 1. The molecule has 1 aromatic heterocycles. The van der Waals surface area contributed by atoms with E-state index in [0.29, 0.717) is 5.69 Å². The molecule has 1 heterocycles. The van der Waals surface area contributed by atoms with Gasteiger partial charge in [-0.25, -0.2) is 4.79 Å². The van der Waals surface area contributed by atoms with Crippen LogP contribution >= 0.6 is 0 Å². The lowest BCUT2D eigenvalue weighted by Gasteiger charge is -2.04. The van der Waals surface area contributed by atoms with Gasteiger partial charge in [-0.05, 0) is 42.8 Å². The van der Waals surface area contributed by atoms with Gasteiger partial charge in [0.15, 0.2) is 0 Å². The molecule has 3 rings (SSSR count). The summed E-state index contributed by atoms with van der Waals surface area (Å²) in [6, 6.07) is 9.80. The Balaban J connectivity index is 1.61. The summed E-state index contributed by atoms with van der Waals surface area (Å²) in [6.07, 6.45) is 2.39. The van der Waals surface area contributed by atoms with Gasteiger partial charge in [-0.15, -0.1) is 0 Å². The van der Waals surface area contributed by atoms with Gasteiger partial charge in [-0.2, -0.15) is 0 Å². The molecule has 0 spiro atoms. The number of carbonyl (C=O) groups excluding carboxylic acids is 1. The molecule has 102 valence electrons. The smallest absolute Gasteiger partial charge is 0.335 e. The van der Waals surface area contributed by atoms with Crippen molar-refractivity contribution >= 4 is 17.6 Å². The van der Waals surface area contributed by atoms with E-state index in [4.69, 9.17) is 9.52 Å². The molecule has 0 unspecified atom stereocenters. The molecule has 5 heteroatoms. The predicted octanol–water partition coefficient (Wildman–Crippen LogP) is 2.72. The van der Waals surface area contributed by atoms with E-state index < -0.39 is 5.97 Å². The van der Waals surface area contributed by atoms with Crippen molar-refractivity contribution in [1.82, 2.24) is 0 Å². The zero-order chi connectivity index (χ0) is 14.1. The summed E-state index contributed by atoms with van der Waals surface area (Å²) in [5.41, 5.74) is 0.799. The first kappa shape index (κ1) is 12.5. The highest BCUT2D eigenvalue weighted by Gasteiger charge is 2.45. The average Bonchev–Trinajstić information content (AvgIpc) is 3.06. The molecule has 5 nitrogen and oxygen atoms in total. The van der Waals surface area contributed by atoms with Gasteiger partial charge >= 0.3 is 5.97 Å². The Kier molecular flexibility index (Phi) is 3.02.